The summed E-state index contributed by atoms with van der Waals surface area (Å²) in [6.07, 6.45) is 0.932. The maximum Gasteiger partial charge on any atom is 0.304 e. The van der Waals surface area contributed by atoms with Gasteiger partial charge in [0.05, 0.1) is 18.0 Å². The number of hydrogen-bond acceptors (Lipinski definition) is 6. The zero-order valence-corrected chi connectivity index (χ0v) is 19.4. The highest BCUT2D eigenvalue weighted by Gasteiger charge is 2.20. The van der Waals surface area contributed by atoms with Gasteiger partial charge in [0.25, 0.3) is 0 Å². The number of hydrogen-bond donors (Lipinski definition) is 2. The van der Waals surface area contributed by atoms with E-state index in [9.17, 15) is 4.79 Å². The van der Waals surface area contributed by atoms with Gasteiger partial charge in [0, 0.05) is 30.9 Å². The third kappa shape index (κ3) is 6.13. The summed E-state index contributed by atoms with van der Waals surface area (Å²) in [5.74, 6) is 5.36. The Labute approximate surface area is 198 Å². The van der Waals surface area contributed by atoms with Crippen molar-refractivity contribution in [3.05, 3.63) is 75.8 Å². The van der Waals surface area contributed by atoms with Crippen LogP contribution in [0.2, 0.25) is 0 Å². The van der Waals surface area contributed by atoms with Gasteiger partial charge in [0.2, 0.25) is 0 Å². The smallest absolute Gasteiger partial charge is 0.304 e. The Morgan fingerprint density at radius 3 is 2.82 bits per heavy atom. The molecule has 1 aliphatic heterocycles. The topological polar surface area (TPSA) is 88.7 Å². The lowest BCUT2D eigenvalue weighted by Gasteiger charge is -2.26. The number of nitrogens with zero attached hydrogens (tertiary/aromatic N) is 2. The van der Waals surface area contributed by atoms with Crippen LogP contribution in [0.25, 0.3) is 0 Å². The van der Waals surface area contributed by atoms with Crippen molar-refractivity contribution >= 4 is 22.4 Å². The lowest BCUT2D eigenvalue weighted by Crippen LogP contribution is -2.29. The SMILES string of the molecule is CC#CC(CC(=O)O)c1ccc(OCc2cccc(CN3CCc4nc(N)sc4C3)c2)cc1. The summed E-state index contributed by atoms with van der Waals surface area (Å²) >= 11 is 1.59. The third-order valence-electron chi connectivity index (χ3n) is 5.61. The summed E-state index contributed by atoms with van der Waals surface area (Å²) in [6, 6.07) is 16.0. The molecule has 170 valence electrons. The van der Waals surface area contributed by atoms with Crippen LogP contribution in [-0.4, -0.2) is 27.5 Å². The van der Waals surface area contributed by atoms with Crippen molar-refractivity contribution in [2.45, 2.75) is 45.4 Å². The average molecular weight is 462 g/mol. The summed E-state index contributed by atoms with van der Waals surface area (Å²) in [6.45, 7) is 4.94. The van der Waals surface area contributed by atoms with Gasteiger partial charge in [0.1, 0.15) is 12.4 Å². The van der Waals surface area contributed by atoms with Crippen LogP contribution in [-0.2, 0) is 30.9 Å². The fourth-order valence-corrected chi connectivity index (χ4v) is 4.96. The molecule has 33 heavy (non-hydrogen) atoms. The van der Waals surface area contributed by atoms with Crippen LogP contribution in [0.3, 0.4) is 0 Å². The van der Waals surface area contributed by atoms with E-state index in [0.29, 0.717) is 11.7 Å². The van der Waals surface area contributed by atoms with Crippen molar-refractivity contribution in [2.75, 3.05) is 12.3 Å². The van der Waals surface area contributed by atoms with Gasteiger partial charge >= 0.3 is 5.97 Å². The zero-order chi connectivity index (χ0) is 23.2. The number of aromatic nitrogens is 1. The Balaban J connectivity index is 1.34. The molecule has 0 spiro atoms. The summed E-state index contributed by atoms with van der Waals surface area (Å²) in [4.78, 5) is 19.2. The molecule has 0 radical (unpaired) electrons. The fourth-order valence-electron chi connectivity index (χ4n) is 4.04. The van der Waals surface area contributed by atoms with E-state index in [1.807, 2.05) is 24.3 Å². The molecule has 1 aliphatic rings. The van der Waals surface area contributed by atoms with Crippen LogP contribution in [0.1, 0.15) is 46.5 Å². The van der Waals surface area contributed by atoms with Crippen molar-refractivity contribution in [2.24, 2.45) is 0 Å². The first-order valence-electron chi connectivity index (χ1n) is 10.9. The minimum atomic E-state index is -0.857. The number of carbonyl (C=O) groups is 1. The molecule has 1 atom stereocenters. The van der Waals surface area contributed by atoms with Gasteiger partial charge in [-0.25, -0.2) is 4.98 Å². The van der Waals surface area contributed by atoms with Gasteiger partial charge in [-0.3, -0.25) is 9.69 Å². The van der Waals surface area contributed by atoms with Crippen molar-refractivity contribution in [3.8, 4) is 17.6 Å². The van der Waals surface area contributed by atoms with Crippen LogP contribution in [0.15, 0.2) is 48.5 Å². The van der Waals surface area contributed by atoms with Gasteiger partial charge in [-0.15, -0.1) is 17.3 Å². The molecule has 3 aromatic rings. The summed E-state index contributed by atoms with van der Waals surface area (Å²) < 4.78 is 5.98. The largest absolute Gasteiger partial charge is 0.489 e. The summed E-state index contributed by atoms with van der Waals surface area (Å²) in [5.41, 5.74) is 10.3. The van der Waals surface area contributed by atoms with Gasteiger partial charge in [-0.05, 0) is 35.7 Å². The second-order valence-corrected chi connectivity index (χ2v) is 9.22. The van der Waals surface area contributed by atoms with Crippen LogP contribution in [0, 0.1) is 11.8 Å². The number of aliphatic carboxylic acids is 1. The van der Waals surface area contributed by atoms with E-state index >= 15 is 0 Å². The van der Waals surface area contributed by atoms with Gasteiger partial charge < -0.3 is 15.6 Å². The quantitative estimate of drug-likeness (QED) is 0.482. The van der Waals surface area contributed by atoms with E-state index in [0.717, 1.165) is 48.6 Å². The summed E-state index contributed by atoms with van der Waals surface area (Å²) in [5, 5.41) is 9.76. The van der Waals surface area contributed by atoms with Crippen molar-refractivity contribution in [1.82, 2.24) is 9.88 Å². The monoisotopic (exact) mass is 461 g/mol. The number of nitrogen functional groups attached to an aromatic ring is 1. The van der Waals surface area contributed by atoms with Crippen LogP contribution in [0.4, 0.5) is 5.13 Å². The highest BCUT2D eigenvalue weighted by Crippen LogP contribution is 2.27. The molecule has 3 N–H and O–H groups in total. The van der Waals surface area contributed by atoms with E-state index < -0.39 is 5.97 Å². The molecule has 4 rings (SSSR count). The van der Waals surface area contributed by atoms with E-state index in [2.05, 4.69) is 46.0 Å². The molecule has 0 aliphatic carbocycles. The minimum Gasteiger partial charge on any atom is -0.489 e. The number of nitrogens with two attached hydrogens (primary N) is 1. The van der Waals surface area contributed by atoms with Gasteiger partial charge in [-0.1, -0.05) is 42.3 Å². The molecule has 1 unspecified atom stereocenters. The lowest BCUT2D eigenvalue weighted by atomic mass is 9.96. The molecule has 2 aromatic carbocycles. The first kappa shape index (κ1) is 22.8. The second-order valence-electron chi connectivity index (χ2n) is 8.11. The maximum absolute atomic E-state index is 11.1. The van der Waals surface area contributed by atoms with Crippen molar-refractivity contribution < 1.29 is 14.6 Å². The molecule has 0 fully saturated rings. The Bertz CT molecular complexity index is 1180. The van der Waals surface area contributed by atoms with E-state index in [1.54, 1.807) is 18.3 Å². The molecule has 0 saturated heterocycles. The standard InChI is InChI=1S/C26H27N3O3S/c1-2-4-21(14-25(30)31)20-7-9-22(10-8-20)32-17-19-6-3-5-18(13-19)15-29-12-11-23-24(16-29)33-26(27)28-23/h3,5-10,13,21H,11-12,14-17H2,1H3,(H2,27,28)(H,30,31). The van der Waals surface area contributed by atoms with Crippen LogP contribution >= 0.6 is 11.3 Å². The van der Waals surface area contributed by atoms with Crippen LogP contribution in [0.5, 0.6) is 5.75 Å². The average Bonchev–Trinajstić information content (AvgIpc) is 3.17. The Hall–Kier alpha value is -3.34. The third-order valence-corrected chi connectivity index (χ3v) is 6.52. The number of fused-ring (bicyclic) bond motifs is 1. The maximum atomic E-state index is 11.1. The molecular formula is C26H27N3O3S. The predicted octanol–water partition coefficient (Wildman–Crippen LogP) is 4.44. The molecule has 2 heterocycles. The summed E-state index contributed by atoms with van der Waals surface area (Å²) in [7, 11) is 0. The second kappa shape index (κ2) is 10.5. The van der Waals surface area contributed by atoms with E-state index in [1.165, 1.54) is 10.4 Å². The number of ether oxygens (including phenoxy) is 1. The lowest BCUT2D eigenvalue weighted by molar-refractivity contribution is -0.137. The Morgan fingerprint density at radius 2 is 2.06 bits per heavy atom. The van der Waals surface area contributed by atoms with Crippen LogP contribution < -0.4 is 10.5 Å². The normalized spacial score (nSPS) is 14.1. The number of rotatable bonds is 8. The molecule has 7 heteroatoms. The molecule has 0 bridgehead atoms. The van der Waals surface area contributed by atoms with Crippen molar-refractivity contribution in [3.63, 3.8) is 0 Å². The molecule has 0 saturated carbocycles. The number of benzene rings is 2. The Kier molecular flexibility index (Phi) is 7.28. The number of carboxylic acids is 1. The van der Waals surface area contributed by atoms with Crippen molar-refractivity contribution in [1.29, 1.82) is 0 Å². The first-order valence-corrected chi connectivity index (χ1v) is 11.7. The number of carboxylic acid groups (broad SMARTS) is 1. The van der Waals surface area contributed by atoms with E-state index in [4.69, 9.17) is 15.6 Å². The molecular weight excluding hydrogens is 434 g/mol. The van der Waals surface area contributed by atoms with Gasteiger partial charge in [0.15, 0.2) is 5.13 Å². The fraction of sp³-hybridized carbons (Fsp3) is 0.308. The molecule has 6 nitrogen and oxygen atoms in total. The minimum absolute atomic E-state index is 0.0114. The zero-order valence-electron chi connectivity index (χ0n) is 18.6. The number of anilines is 1. The Morgan fingerprint density at radius 1 is 1.27 bits per heavy atom. The van der Waals surface area contributed by atoms with E-state index in [-0.39, 0.29) is 12.3 Å². The molecule has 0 amide bonds. The predicted molar refractivity (Wildman–Crippen MR) is 130 cm³/mol. The number of thiazole rings is 1. The highest BCUT2D eigenvalue weighted by molar-refractivity contribution is 7.15. The molecule has 1 aromatic heterocycles. The highest BCUT2D eigenvalue weighted by atomic mass is 32.1. The van der Waals surface area contributed by atoms with Gasteiger partial charge in [-0.2, -0.15) is 0 Å². The first-order chi connectivity index (χ1) is 16.0.